The van der Waals surface area contributed by atoms with Crippen molar-refractivity contribution in [3.8, 4) is 6.07 Å². The van der Waals surface area contributed by atoms with Crippen molar-refractivity contribution in [3.63, 3.8) is 0 Å². The highest BCUT2D eigenvalue weighted by atomic mass is 16.4. The van der Waals surface area contributed by atoms with Gasteiger partial charge in [-0.25, -0.2) is 0 Å². The Morgan fingerprint density at radius 1 is 1.00 bits per heavy atom. The van der Waals surface area contributed by atoms with Gasteiger partial charge in [0.2, 0.25) is 0 Å². The molecule has 5 aliphatic rings. The zero-order chi connectivity index (χ0) is 26.7. The van der Waals surface area contributed by atoms with Crippen LogP contribution >= 0.6 is 0 Å². The van der Waals surface area contributed by atoms with Crippen molar-refractivity contribution in [1.82, 2.24) is 0 Å². The lowest BCUT2D eigenvalue weighted by Crippen LogP contribution is -2.65. The van der Waals surface area contributed by atoms with Gasteiger partial charge in [0.1, 0.15) is 6.07 Å². The number of rotatable bonds is 1. The van der Waals surface area contributed by atoms with E-state index < -0.39 is 22.2 Å². The van der Waals surface area contributed by atoms with Crippen LogP contribution in [0.4, 0.5) is 0 Å². The summed E-state index contributed by atoms with van der Waals surface area (Å²) in [7, 11) is 0. The average Bonchev–Trinajstić information content (AvgIpc) is 2.78. The lowest BCUT2D eigenvalue weighted by molar-refractivity contribution is -0.172. The van der Waals surface area contributed by atoms with Crippen LogP contribution in [0.5, 0.6) is 0 Å². The predicted octanol–water partition coefficient (Wildman–Crippen LogP) is 6.29. The molecule has 0 bridgehead atoms. The molecule has 3 saturated carbocycles. The summed E-state index contributed by atoms with van der Waals surface area (Å²) >= 11 is 0. The predicted molar refractivity (Wildman–Crippen MR) is 137 cm³/mol. The Balaban J connectivity index is 1.68. The molecule has 0 amide bonds. The van der Waals surface area contributed by atoms with Gasteiger partial charge in [0.05, 0.1) is 11.0 Å². The molecule has 0 aromatic heterocycles. The molecule has 3 fully saturated rings. The summed E-state index contributed by atoms with van der Waals surface area (Å²) in [6, 6.07) is 2.15. The van der Waals surface area contributed by atoms with E-state index in [0.717, 1.165) is 32.1 Å². The van der Waals surface area contributed by atoms with Crippen LogP contribution < -0.4 is 0 Å². The van der Waals surface area contributed by atoms with Crippen molar-refractivity contribution in [1.29, 1.82) is 5.26 Å². The van der Waals surface area contributed by atoms with Crippen LogP contribution in [0.1, 0.15) is 93.4 Å². The van der Waals surface area contributed by atoms with Gasteiger partial charge >= 0.3 is 5.97 Å². The lowest BCUT2D eigenvalue weighted by Gasteiger charge is -2.69. The standard InChI is InChI=1S/C31H41NO4/c1-26(2)22-8-9-31(7)23(29(22,5)15-18(17-32)24(26)34)21(33)14-19-20-16-28(4,25(35)36)11-10-27(20,3)12-13-30(19,31)6/h14-15,20,22-23H,8-13,16H2,1-7H3,(H,35,36)/t20-,22-,23+,27+,28-,29-,30+,31+/m0/s1. The smallest absolute Gasteiger partial charge is 0.309 e. The zero-order valence-electron chi connectivity index (χ0n) is 23.0. The van der Waals surface area contributed by atoms with Crippen molar-refractivity contribution < 1.29 is 19.5 Å². The number of fused-ring (bicyclic) bond motifs is 7. The highest BCUT2D eigenvalue weighted by Crippen LogP contribution is 2.74. The molecule has 194 valence electrons. The number of hydrogen-bond donors (Lipinski definition) is 1. The Labute approximate surface area is 215 Å². The number of carbonyl (C=O) groups is 3. The third kappa shape index (κ3) is 2.85. The Bertz CT molecular complexity index is 1190. The molecule has 0 spiro atoms. The first-order valence-electron chi connectivity index (χ1n) is 13.7. The SMILES string of the molecule is CC1(C)C(=O)C(C#N)=C[C@]2(C)[C@H]3C(=O)C=C4[C@@H]5C[C@@](C)(C(=O)O)CC[C@]5(C)CC[C@@]4(C)[C@]3(C)CC[C@@H]12. The van der Waals surface area contributed by atoms with E-state index in [0.29, 0.717) is 12.8 Å². The first kappa shape index (κ1) is 25.4. The number of nitrogens with zero attached hydrogens (tertiary/aromatic N) is 1. The fourth-order valence-electron chi connectivity index (χ4n) is 9.98. The summed E-state index contributed by atoms with van der Waals surface area (Å²) in [6.07, 6.45) is 9.57. The van der Waals surface area contributed by atoms with E-state index in [1.165, 1.54) is 5.57 Å². The van der Waals surface area contributed by atoms with Gasteiger partial charge in [0, 0.05) is 16.7 Å². The Morgan fingerprint density at radius 3 is 2.25 bits per heavy atom. The number of carboxylic acids is 1. The minimum absolute atomic E-state index is 0.00554. The molecule has 0 heterocycles. The van der Waals surface area contributed by atoms with Crippen molar-refractivity contribution in [2.45, 2.75) is 93.4 Å². The minimum Gasteiger partial charge on any atom is -0.481 e. The summed E-state index contributed by atoms with van der Waals surface area (Å²) in [5, 5.41) is 19.9. The second-order valence-electron chi connectivity index (χ2n) is 14.6. The van der Waals surface area contributed by atoms with Gasteiger partial charge in [0.15, 0.2) is 11.6 Å². The van der Waals surface area contributed by atoms with Gasteiger partial charge < -0.3 is 5.11 Å². The topological polar surface area (TPSA) is 95.2 Å². The highest BCUT2D eigenvalue weighted by Gasteiger charge is 2.70. The van der Waals surface area contributed by atoms with E-state index in [2.05, 4.69) is 33.8 Å². The highest BCUT2D eigenvalue weighted by molar-refractivity contribution is 6.05. The first-order chi connectivity index (χ1) is 16.5. The fraction of sp³-hybridized carbons (Fsp3) is 0.742. The molecule has 5 aliphatic carbocycles. The molecule has 0 radical (unpaired) electrons. The van der Waals surface area contributed by atoms with Crippen molar-refractivity contribution in [3.05, 3.63) is 23.3 Å². The van der Waals surface area contributed by atoms with E-state index in [1.807, 2.05) is 32.9 Å². The molecule has 0 saturated heterocycles. The van der Waals surface area contributed by atoms with Gasteiger partial charge in [0.25, 0.3) is 0 Å². The van der Waals surface area contributed by atoms with Crippen LogP contribution in [-0.4, -0.2) is 22.6 Å². The van der Waals surface area contributed by atoms with E-state index >= 15 is 0 Å². The molecule has 5 heteroatoms. The molecule has 36 heavy (non-hydrogen) atoms. The maximum absolute atomic E-state index is 14.3. The molecule has 0 aromatic carbocycles. The van der Waals surface area contributed by atoms with Gasteiger partial charge in [-0.15, -0.1) is 0 Å². The fourth-order valence-corrected chi connectivity index (χ4v) is 9.98. The Hall–Kier alpha value is -2.22. The maximum atomic E-state index is 14.3. The number of carboxylic acid groups (broad SMARTS) is 1. The molecular weight excluding hydrogens is 450 g/mol. The van der Waals surface area contributed by atoms with E-state index in [9.17, 15) is 24.8 Å². The van der Waals surface area contributed by atoms with Crippen LogP contribution in [0.25, 0.3) is 0 Å². The molecule has 8 atom stereocenters. The summed E-state index contributed by atoms with van der Waals surface area (Å²) in [4.78, 5) is 39.7. The van der Waals surface area contributed by atoms with Crippen LogP contribution in [0.3, 0.4) is 0 Å². The van der Waals surface area contributed by atoms with Crippen LogP contribution in [0.2, 0.25) is 0 Å². The maximum Gasteiger partial charge on any atom is 0.309 e. The van der Waals surface area contributed by atoms with E-state index in [4.69, 9.17) is 0 Å². The van der Waals surface area contributed by atoms with E-state index in [-0.39, 0.29) is 51.1 Å². The normalized spacial score (nSPS) is 49.3. The van der Waals surface area contributed by atoms with E-state index in [1.54, 1.807) is 0 Å². The number of hydrogen-bond acceptors (Lipinski definition) is 4. The summed E-state index contributed by atoms with van der Waals surface area (Å²) in [6.45, 7) is 14.8. The molecular formula is C31H41NO4. The molecule has 1 N–H and O–H groups in total. The molecule has 5 rings (SSSR count). The van der Waals surface area contributed by atoms with Gasteiger partial charge in [-0.3, -0.25) is 14.4 Å². The second kappa shape index (κ2) is 7.21. The number of allylic oxidation sites excluding steroid dienone is 4. The largest absolute Gasteiger partial charge is 0.481 e. The first-order valence-corrected chi connectivity index (χ1v) is 13.7. The van der Waals surface area contributed by atoms with Crippen molar-refractivity contribution in [2.75, 3.05) is 0 Å². The number of aliphatic carboxylic acids is 1. The Kier molecular flexibility index (Phi) is 5.09. The van der Waals surface area contributed by atoms with Crippen LogP contribution in [0, 0.1) is 61.6 Å². The summed E-state index contributed by atoms with van der Waals surface area (Å²) < 4.78 is 0. The van der Waals surface area contributed by atoms with Gasteiger partial charge in [-0.2, -0.15) is 5.26 Å². The zero-order valence-corrected chi connectivity index (χ0v) is 23.0. The Morgan fingerprint density at radius 2 is 1.64 bits per heavy atom. The number of nitriles is 1. The quantitative estimate of drug-likeness (QED) is 0.465. The van der Waals surface area contributed by atoms with Crippen LogP contribution in [0.15, 0.2) is 23.3 Å². The summed E-state index contributed by atoms with van der Waals surface area (Å²) in [5.41, 5.74) is -1.23. The van der Waals surface area contributed by atoms with Gasteiger partial charge in [-0.05, 0) is 86.0 Å². The third-order valence-corrected chi connectivity index (χ3v) is 12.6. The van der Waals surface area contributed by atoms with Crippen LogP contribution in [-0.2, 0) is 14.4 Å². The molecule has 0 aromatic rings. The van der Waals surface area contributed by atoms with Crippen molar-refractivity contribution >= 4 is 17.5 Å². The molecule has 5 nitrogen and oxygen atoms in total. The van der Waals surface area contributed by atoms with Gasteiger partial charge in [-0.1, -0.05) is 53.2 Å². The molecule has 0 unspecified atom stereocenters. The minimum atomic E-state index is -0.772. The lowest BCUT2D eigenvalue weighted by atomic mass is 9.34. The number of ketones is 2. The summed E-state index contributed by atoms with van der Waals surface area (Å²) in [5.74, 6) is -0.984. The molecule has 0 aliphatic heterocycles. The monoisotopic (exact) mass is 491 g/mol. The number of carbonyl (C=O) groups excluding carboxylic acids is 2. The number of Topliss-reactive ketones (excluding diaryl/α,β-unsaturated/α-hetero) is 1. The van der Waals surface area contributed by atoms with Crippen molar-refractivity contribution in [2.24, 2.45) is 50.2 Å². The average molecular weight is 492 g/mol. The third-order valence-electron chi connectivity index (χ3n) is 12.6. The second-order valence-corrected chi connectivity index (χ2v) is 14.6.